The van der Waals surface area contributed by atoms with Gasteiger partial charge in [0.15, 0.2) is 11.2 Å². The first-order valence-corrected chi connectivity index (χ1v) is 9.79. The first kappa shape index (κ1) is 19.2. The lowest BCUT2D eigenvalue weighted by molar-refractivity contribution is 0.248. The Labute approximate surface area is 168 Å². The number of aromatic amines is 1. The average Bonchev–Trinajstić information content (AvgIpc) is 3.07. The van der Waals surface area contributed by atoms with E-state index in [1.54, 1.807) is 7.05 Å². The largest absolute Gasteiger partial charge is 0.340 e. The fourth-order valence-corrected chi connectivity index (χ4v) is 3.83. The number of benzene rings is 1. The number of aromatic nitrogens is 4. The highest BCUT2D eigenvalue weighted by Gasteiger charge is 2.24. The van der Waals surface area contributed by atoms with Gasteiger partial charge in [0.25, 0.3) is 5.56 Å². The Morgan fingerprint density at radius 1 is 1.14 bits per heavy atom. The van der Waals surface area contributed by atoms with Crippen LogP contribution in [0.2, 0.25) is 0 Å². The molecule has 1 fully saturated rings. The molecule has 29 heavy (non-hydrogen) atoms. The van der Waals surface area contributed by atoms with E-state index >= 15 is 0 Å². The van der Waals surface area contributed by atoms with E-state index in [0.29, 0.717) is 23.7 Å². The molecular formula is C21H26N6O2. The minimum absolute atomic E-state index is 0.404. The number of rotatable bonds is 5. The van der Waals surface area contributed by atoms with E-state index in [0.717, 1.165) is 38.3 Å². The molecule has 0 amide bonds. The van der Waals surface area contributed by atoms with E-state index in [4.69, 9.17) is 4.98 Å². The Balaban J connectivity index is 1.63. The number of aryl methyl sites for hydroxylation is 1. The molecule has 0 bridgehead atoms. The van der Waals surface area contributed by atoms with E-state index in [1.807, 2.05) is 17.6 Å². The number of H-pyrrole nitrogens is 1. The minimum Gasteiger partial charge on any atom is -0.340 e. The lowest BCUT2D eigenvalue weighted by Gasteiger charge is -2.35. The third-order valence-electron chi connectivity index (χ3n) is 5.32. The molecule has 0 radical (unpaired) electrons. The second-order valence-corrected chi connectivity index (χ2v) is 7.69. The summed E-state index contributed by atoms with van der Waals surface area (Å²) in [6.45, 7) is 10.7. The normalized spacial score (nSPS) is 15.2. The fraction of sp³-hybridized carbons (Fsp3) is 0.381. The molecular weight excluding hydrogens is 368 g/mol. The maximum absolute atomic E-state index is 12.5. The van der Waals surface area contributed by atoms with Gasteiger partial charge in [0.2, 0.25) is 5.95 Å². The van der Waals surface area contributed by atoms with Gasteiger partial charge in [0.05, 0.1) is 0 Å². The smallest absolute Gasteiger partial charge is 0.329 e. The van der Waals surface area contributed by atoms with Gasteiger partial charge in [-0.2, -0.15) is 4.98 Å². The van der Waals surface area contributed by atoms with Crippen molar-refractivity contribution in [1.82, 2.24) is 24.0 Å². The topological polar surface area (TPSA) is 79.2 Å². The molecule has 0 saturated carbocycles. The number of anilines is 1. The standard InChI is InChI=1S/C21H26N6O2/c1-15(2)13-27-17-18(24(3)21(29)23-19(17)28)22-20(27)26-11-9-25(10-12-26)14-16-7-5-4-6-8-16/h4-8H,1,9-14H2,2-3H3,(H,23,28,29). The SMILES string of the molecule is C=C(C)Cn1c(N2CCN(Cc3ccccc3)CC2)nc2c1c(=O)[nH]c(=O)n2C. The number of nitrogens with one attached hydrogen (secondary N) is 1. The highest BCUT2D eigenvalue weighted by Crippen LogP contribution is 2.22. The number of hydrogen-bond donors (Lipinski definition) is 1. The quantitative estimate of drug-likeness (QED) is 0.661. The van der Waals surface area contributed by atoms with E-state index in [-0.39, 0.29) is 0 Å². The number of piperazine rings is 1. The molecule has 8 heteroatoms. The van der Waals surface area contributed by atoms with Crippen LogP contribution in [0.15, 0.2) is 52.1 Å². The number of nitrogens with zero attached hydrogens (tertiary/aromatic N) is 5. The highest BCUT2D eigenvalue weighted by molar-refractivity contribution is 5.74. The van der Waals surface area contributed by atoms with Crippen LogP contribution >= 0.6 is 0 Å². The molecule has 3 aromatic rings. The maximum atomic E-state index is 12.5. The van der Waals surface area contributed by atoms with E-state index in [9.17, 15) is 9.59 Å². The van der Waals surface area contributed by atoms with Crippen LogP contribution in [0.4, 0.5) is 5.95 Å². The summed E-state index contributed by atoms with van der Waals surface area (Å²) >= 11 is 0. The number of imidazole rings is 1. The molecule has 0 aliphatic carbocycles. The number of fused-ring (bicyclic) bond motifs is 1. The van der Waals surface area contributed by atoms with Gasteiger partial charge in [-0.1, -0.05) is 42.5 Å². The molecule has 0 atom stereocenters. The Morgan fingerprint density at radius 2 is 1.83 bits per heavy atom. The lowest BCUT2D eigenvalue weighted by atomic mass is 10.2. The minimum atomic E-state index is -0.457. The van der Waals surface area contributed by atoms with Crippen LogP contribution in [-0.4, -0.2) is 50.2 Å². The highest BCUT2D eigenvalue weighted by atomic mass is 16.2. The van der Waals surface area contributed by atoms with E-state index in [2.05, 4.69) is 45.6 Å². The first-order valence-electron chi connectivity index (χ1n) is 9.79. The van der Waals surface area contributed by atoms with Gasteiger partial charge in [-0.25, -0.2) is 4.79 Å². The van der Waals surface area contributed by atoms with Crippen molar-refractivity contribution in [3.8, 4) is 0 Å². The molecule has 152 valence electrons. The average molecular weight is 394 g/mol. The summed E-state index contributed by atoms with van der Waals surface area (Å²) in [7, 11) is 1.63. The Morgan fingerprint density at radius 3 is 2.48 bits per heavy atom. The van der Waals surface area contributed by atoms with Crippen molar-refractivity contribution in [2.45, 2.75) is 20.0 Å². The third-order valence-corrected chi connectivity index (χ3v) is 5.32. The summed E-state index contributed by atoms with van der Waals surface area (Å²) in [6, 6.07) is 10.4. The van der Waals surface area contributed by atoms with Crippen LogP contribution in [0.5, 0.6) is 0 Å². The van der Waals surface area contributed by atoms with Gasteiger partial charge in [0.1, 0.15) is 0 Å². The summed E-state index contributed by atoms with van der Waals surface area (Å²) in [4.78, 5) is 36.2. The van der Waals surface area contributed by atoms with Crippen molar-refractivity contribution in [2.75, 3.05) is 31.1 Å². The maximum Gasteiger partial charge on any atom is 0.329 e. The number of allylic oxidation sites excluding steroid dienone is 1. The van der Waals surface area contributed by atoms with Crippen LogP contribution in [0.1, 0.15) is 12.5 Å². The van der Waals surface area contributed by atoms with Crippen molar-refractivity contribution >= 4 is 17.1 Å². The molecule has 1 saturated heterocycles. The molecule has 1 aromatic carbocycles. The lowest BCUT2D eigenvalue weighted by Crippen LogP contribution is -2.46. The van der Waals surface area contributed by atoms with Crippen LogP contribution in [0.25, 0.3) is 11.2 Å². The van der Waals surface area contributed by atoms with Crippen molar-refractivity contribution in [3.05, 3.63) is 68.9 Å². The van der Waals surface area contributed by atoms with Crippen molar-refractivity contribution in [2.24, 2.45) is 7.05 Å². The molecule has 2 aromatic heterocycles. The molecule has 1 aliphatic rings. The molecule has 8 nitrogen and oxygen atoms in total. The zero-order valence-corrected chi connectivity index (χ0v) is 16.9. The van der Waals surface area contributed by atoms with Gasteiger partial charge in [-0.05, 0) is 12.5 Å². The summed E-state index contributed by atoms with van der Waals surface area (Å²) in [5.41, 5.74) is 2.17. The third kappa shape index (κ3) is 3.75. The Bertz CT molecular complexity index is 1150. The Hall–Kier alpha value is -3.13. The van der Waals surface area contributed by atoms with Crippen molar-refractivity contribution in [3.63, 3.8) is 0 Å². The molecule has 4 rings (SSSR count). The number of hydrogen-bond acceptors (Lipinski definition) is 5. The van der Waals surface area contributed by atoms with Crippen LogP contribution in [-0.2, 0) is 20.1 Å². The van der Waals surface area contributed by atoms with Gasteiger partial charge in [-0.3, -0.25) is 19.2 Å². The molecule has 1 N–H and O–H groups in total. The summed E-state index contributed by atoms with van der Waals surface area (Å²) in [5.74, 6) is 0.717. The second kappa shape index (κ2) is 7.71. The zero-order valence-electron chi connectivity index (χ0n) is 16.9. The zero-order chi connectivity index (χ0) is 20.5. The Kier molecular flexibility index (Phi) is 5.10. The molecule has 3 heterocycles. The van der Waals surface area contributed by atoms with Gasteiger partial charge in [-0.15, -0.1) is 0 Å². The van der Waals surface area contributed by atoms with Crippen molar-refractivity contribution < 1.29 is 0 Å². The summed E-state index contributed by atoms with van der Waals surface area (Å²) < 4.78 is 3.27. The predicted molar refractivity (Wildman–Crippen MR) is 114 cm³/mol. The van der Waals surface area contributed by atoms with Crippen LogP contribution in [0.3, 0.4) is 0 Å². The monoisotopic (exact) mass is 394 g/mol. The molecule has 0 spiro atoms. The van der Waals surface area contributed by atoms with Gasteiger partial charge >= 0.3 is 5.69 Å². The summed E-state index contributed by atoms with van der Waals surface area (Å²) in [6.07, 6.45) is 0. The second-order valence-electron chi connectivity index (χ2n) is 7.69. The van der Waals surface area contributed by atoms with E-state index < -0.39 is 11.2 Å². The van der Waals surface area contributed by atoms with Crippen LogP contribution in [0, 0.1) is 0 Å². The molecule has 0 unspecified atom stereocenters. The van der Waals surface area contributed by atoms with Gasteiger partial charge < -0.3 is 9.47 Å². The van der Waals surface area contributed by atoms with Crippen LogP contribution < -0.4 is 16.1 Å². The molecule has 1 aliphatic heterocycles. The van der Waals surface area contributed by atoms with Gasteiger partial charge in [0, 0.05) is 46.3 Å². The van der Waals surface area contributed by atoms with E-state index in [1.165, 1.54) is 10.1 Å². The summed E-state index contributed by atoms with van der Waals surface area (Å²) in [5, 5.41) is 0. The predicted octanol–water partition coefficient (Wildman–Crippen LogP) is 1.32. The van der Waals surface area contributed by atoms with Crippen molar-refractivity contribution in [1.29, 1.82) is 0 Å². The fourth-order valence-electron chi connectivity index (χ4n) is 3.83. The first-order chi connectivity index (χ1) is 13.9.